The molecule has 5 nitrogen and oxygen atoms in total. The van der Waals surface area contributed by atoms with Crippen molar-refractivity contribution in [2.75, 3.05) is 9.62 Å². The third-order valence-corrected chi connectivity index (χ3v) is 6.38. The summed E-state index contributed by atoms with van der Waals surface area (Å²) in [4.78, 5) is 11.2. The van der Waals surface area contributed by atoms with Crippen LogP contribution in [0.3, 0.4) is 0 Å². The molecule has 0 atom stereocenters. The number of halogens is 2. The third-order valence-electron chi connectivity index (χ3n) is 3.77. The molecule has 1 amide bonds. The van der Waals surface area contributed by atoms with E-state index in [9.17, 15) is 13.2 Å². The molecule has 8 heteroatoms. The summed E-state index contributed by atoms with van der Waals surface area (Å²) in [5, 5.41) is 3.16. The maximum absolute atomic E-state index is 13.1. The van der Waals surface area contributed by atoms with Crippen LogP contribution < -0.4 is 9.62 Å². The molecule has 0 heterocycles. The second kappa shape index (κ2) is 6.86. The van der Waals surface area contributed by atoms with Crippen molar-refractivity contribution in [1.82, 2.24) is 0 Å². The number of carbonyl (C=O) groups is 1. The largest absolute Gasteiger partial charge is 0.326 e. The summed E-state index contributed by atoms with van der Waals surface area (Å²) >= 11 is 11.9. The quantitative estimate of drug-likeness (QED) is 0.815. The Morgan fingerprint density at radius 1 is 1.08 bits per heavy atom. The predicted molar refractivity (Wildman–Crippen MR) is 99.9 cm³/mol. The van der Waals surface area contributed by atoms with Crippen molar-refractivity contribution in [2.45, 2.75) is 30.7 Å². The number of benzene rings is 2. The summed E-state index contributed by atoms with van der Waals surface area (Å²) in [7, 11) is -3.76. The molecule has 0 bridgehead atoms. The fraction of sp³-hybridized carbons (Fsp3) is 0.235. The first-order valence-corrected chi connectivity index (χ1v) is 9.86. The van der Waals surface area contributed by atoms with Crippen LogP contribution in [0.2, 0.25) is 10.0 Å². The lowest BCUT2D eigenvalue weighted by molar-refractivity contribution is -0.114. The highest BCUT2D eigenvalue weighted by atomic mass is 35.5. The van der Waals surface area contributed by atoms with Crippen molar-refractivity contribution < 1.29 is 13.2 Å². The number of nitrogens with one attached hydrogen (secondary N) is 1. The van der Waals surface area contributed by atoms with E-state index in [4.69, 9.17) is 23.2 Å². The first-order valence-electron chi connectivity index (χ1n) is 7.66. The fourth-order valence-electron chi connectivity index (χ4n) is 2.50. The minimum Gasteiger partial charge on any atom is -0.326 e. The SMILES string of the molecule is CC(=O)Nc1ccc(N(C2CC2)S(=O)(=O)c2ccc(Cl)c(Cl)c2)cc1. The molecule has 2 aromatic rings. The van der Waals surface area contributed by atoms with Gasteiger partial charge in [0.25, 0.3) is 10.0 Å². The van der Waals surface area contributed by atoms with E-state index < -0.39 is 10.0 Å². The zero-order valence-corrected chi connectivity index (χ0v) is 15.7. The van der Waals surface area contributed by atoms with Gasteiger partial charge in [0, 0.05) is 18.7 Å². The van der Waals surface area contributed by atoms with Gasteiger partial charge < -0.3 is 5.32 Å². The number of nitrogens with zero attached hydrogens (tertiary/aromatic N) is 1. The van der Waals surface area contributed by atoms with Crippen LogP contribution in [-0.4, -0.2) is 20.4 Å². The fourth-order valence-corrected chi connectivity index (χ4v) is 4.60. The highest BCUT2D eigenvalue weighted by Crippen LogP contribution is 2.38. The summed E-state index contributed by atoms with van der Waals surface area (Å²) in [6, 6.07) is 10.9. The predicted octanol–water partition coefficient (Wildman–Crippen LogP) is 4.31. The minimum absolute atomic E-state index is 0.0777. The summed E-state index contributed by atoms with van der Waals surface area (Å²) in [5.41, 5.74) is 1.15. The number of sulfonamides is 1. The van der Waals surface area contributed by atoms with Crippen molar-refractivity contribution in [3.63, 3.8) is 0 Å². The number of carbonyl (C=O) groups excluding carboxylic acids is 1. The highest BCUT2D eigenvalue weighted by Gasteiger charge is 2.38. The van der Waals surface area contributed by atoms with Gasteiger partial charge in [-0.1, -0.05) is 23.2 Å². The average Bonchev–Trinajstić information content (AvgIpc) is 3.36. The van der Waals surface area contributed by atoms with E-state index in [2.05, 4.69) is 5.32 Å². The molecular weight excluding hydrogens is 383 g/mol. The van der Waals surface area contributed by atoms with E-state index in [1.54, 1.807) is 24.3 Å². The molecule has 1 N–H and O–H groups in total. The van der Waals surface area contributed by atoms with Crippen LogP contribution in [0, 0.1) is 0 Å². The monoisotopic (exact) mass is 398 g/mol. The topological polar surface area (TPSA) is 66.5 Å². The van der Waals surface area contributed by atoms with Gasteiger partial charge in [-0.2, -0.15) is 0 Å². The van der Waals surface area contributed by atoms with Crippen LogP contribution >= 0.6 is 23.2 Å². The number of hydrogen-bond donors (Lipinski definition) is 1. The van der Waals surface area contributed by atoms with Gasteiger partial charge in [-0.25, -0.2) is 8.42 Å². The number of rotatable bonds is 5. The molecule has 132 valence electrons. The number of amides is 1. The Labute approximate surface area is 156 Å². The molecule has 0 unspecified atom stereocenters. The van der Waals surface area contributed by atoms with Crippen LogP contribution in [0.5, 0.6) is 0 Å². The molecule has 3 rings (SSSR count). The lowest BCUT2D eigenvalue weighted by atomic mass is 10.2. The minimum atomic E-state index is -3.76. The van der Waals surface area contributed by atoms with Crippen LogP contribution in [-0.2, 0) is 14.8 Å². The van der Waals surface area contributed by atoms with E-state index in [0.29, 0.717) is 16.4 Å². The van der Waals surface area contributed by atoms with Crippen LogP contribution in [0.15, 0.2) is 47.4 Å². The summed E-state index contributed by atoms with van der Waals surface area (Å²) in [5.74, 6) is -0.185. The third kappa shape index (κ3) is 3.92. The van der Waals surface area contributed by atoms with Gasteiger partial charge in [-0.15, -0.1) is 0 Å². The standard InChI is InChI=1S/C17H16Cl2N2O3S/c1-11(22)20-12-2-4-13(5-3-12)21(14-6-7-14)25(23,24)15-8-9-16(18)17(19)10-15/h2-5,8-10,14H,6-7H2,1H3,(H,20,22). The van der Waals surface area contributed by atoms with Gasteiger partial charge in [-0.05, 0) is 55.3 Å². The molecule has 1 saturated carbocycles. The van der Waals surface area contributed by atoms with Gasteiger partial charge in [-0.3, -0.25) is 9.10 Å². The first-order chi connectivity index (χ1) is 11.8. The maximum Gasteiger partial charge on any atom is 0.264 e. The smallest absolute Gasteiger partial charge is 0.264 e. The summed E-state index contributed by atoms with van der Waals surface area (Å²) in [6.45, 7) is 1.42. The van der Waals surface area contributed by atoms with E-state index in [1.807, 2.05) is 0 Å². The zero-order chi connectivity index (χ0) is 18.2. The van der Waals surface area contributed by atoms with Crippen molar-refractivity contribution in [3.05, 3.63) is 52.5 Å². The van der Waals surface area contributed by atoms with E-state index in [1.165, 1.54) is 29.4 Å². The normalized spacial score (nSPS) is 14.2. The Hall–Kier alpha value is -1.76. The molecule has 0 radical (unpaired) electrons. The molecule has 0 spiro atoms. The Balaban J connectivity index is 1.98. The van der Waals surface area contributed by atoms with Gasteiger partial charge in [0.15, 0.2) is 0 Å². The van der Waals surface area contributed by atoms with E-state index in [-0.39, 0.29) is 21.9 Å². The number of anilines is 2. The van der Waals surface area contributed by atoms with Gasteiger partial charge >= 0.3 is 0 Å². The van der Waals surface area contributed by atoms with Crippen molar-refractivity contribution >= 4 is 50.5 Å². The lowest BCUT2D eigenvalue weighted by Gasteiger charge is -2.24. The summed E-state index contributed by atoms with van der Waals surface area (Å²) in [6.07, 6.45) is 1.60. The Bertz CT molecular complexity index is 910. The second-order valence-corrected chi connectivity index (χ2v) is 8.47. The average molecular weight is 399 g/mol. The van der Waals surface area contributed by atoms with Crippen LogP contribution in [0.1, 0.15) is 19.8 Å². The molecule has 1 aliphatic carbocycles. The second-order valence-electron chi connectivity index (χ2n) is 5.84. The molecule has 0 saturated heterocycles. The maximum atomic E-state index is 13.1. The molecule has 0 aliphatic heterocycles. The highest BCUT2D eigenvalue weighted by molar-refractivity contribution is 7.92. The van der Waals surface area contributed by atoms with Crippen LogP contribution in [0.4, 0.5) is 11.4 Å². The summed E-state index contributed by atoms with van der Waals surface area (Å²) < 4.78 is 27.6. The van der Waals surface area contributed by atoms with Crippen molar-refractivity contribution in [2.24, 2.45) is 0 Å². The van der Waals surface area contributed by atoms with Gasteiger partial charge in [0.1, 0.15) is 0 Å². The Morgan fingerprint density at radius 2 is 1.72 bits per heavy atom. The lowest BCUT2D eigenvalue weighted by Crippen LogP contribution is -2.33. The van der Waals surface area contributed by atoms with Gasteiger partial charge in [0.2, 0.25) is 5.91 Å². The van der Waals surface area contributed by atoms with Gasteiger partial charge in [0.05, 0.1) is 20.6 Å². The van der Waals surface area contributed by atoms with Crippen molar-refractivity contribution in [3.8, 4) is 0 Å². The molecule has 0 aromatic heterocycles. The van der Waals surface area contributed by atoms with E-state index >= 15 is 0 Å². The zero-order valence-electron chi connectivity index (χ0n) is 13.4. The molecule has 1 aliphatic rings. The van der Waals surface area contributed by atoms with Crippen molar-refractivity contribution in [1.29, 1.82) is 0 Å². The van der Waals surface area contributed by atoms with E-state index in [0.717, 1.165) is 12.8 Å². The molecular formula is C17H16Cl2N2O3S. The first kappa shape index (κ1) is 18.0. The molecule has 1 fully saturated rings. The molecule has 25 heavy (non-hydrogen) atoms. The number of hydrogen-bond acceptors (Lipinski definition) is 3. The Morgan fingerprint density at radius 3 is 2.24 bits per heavy atom. The van der Waals surface area contributed by atoms with Crippen LogP contribution in [0.25, 0.3) is 0 Å². The Kier molecular flexibility index (Phi) is 4.95. The molecule has 2 aromatic carbocycles.